The third-order valence-electron chi connectivity index (χ3n) is 3.69. The molecule has 0 aromatic heterocycles. The molecule has 0 saturated carbocycles. The highest BCUT2D eigenvalue weighted by Crippen LogP contribution is 2.26. The zero-order valence-corrected chi connectivity index (χ0v) is 15.8. The summed E-state index contributed by atoms with van der Waals surface area (Å²) in [6.45, 7) is 17.0. The second kappa shape index (κ2) is 8.24. The number of aryl methyl sites for hydroxylation is 3. The van der Waals surface area contributed by atoms with E-state index in [1.807, 2.05) is 0 Å². The van der Waals surface area contributed by atoms with Gasteiger partial charge in [-0.15, -0.1) is 0 Å². The van der Waals surface area contributed by atoms with Crippen LogP contribution >= 0.6 is 11.8 Å². The summed E-state index contributed by atoms with van der Waals surface area (Å²) in [5, 5.41) is 3.74. The lowest BCUT2D eigenvalue weighted by Gasteiger charge is -2.25. The number of rotatable bonds is 7. The van der Waals surface area contributed by atoms with Gasteiger partial charge >= 0.3 is 0 Å². The Hall–Kier alpha value is -0.470. The normalized spacial score (nSPS) is 13.5. The molecule has 1 N–H and O–H groups in total. The molecule has 0 aliphatic carbocycles. The van der Waals surface area contributed by atoms with E-state index in [-0.39, 0.29) is 0 Å². The van der Waals surface area contributed by atoms with Gasteiger partial charge in [-0.3, -0.25) is 0 Å². The van der Waals surface area contributed by atoms with Crippen molar-refractivity contribution in [1.82, 2.24) is 5.32 Å². The molecule has 120 valence electrons. The van der Waals surface area contributed by atoms with Gasteiger partial charge in [-0.2, -0.15) is 11.8 Å². The summed E-state index contributed by atoms with van der Waals surface area (Å²) in [5.74, 6) is 1.18. The van der Waals surface area contributed by atoms with Crippen molar-refractivity contribution < 1.29 is 0 Å². The maximum Gasteiger partial charge on any atom is 0.0198 e. The SMILES string of the molecule is CCCNC(CSC(C)(C)C)Cc1c(C)cc(C)cc1C. The van der Waals surface area contributed by atoms with Gasteiger partial charge in [0.25, 0.3) is 0 Å². The first kappa shape index (κ1) is 18.6. The van der Waals surface area contributed by atoms with Gasteiger partial charge < -0.3 is 5.32 Å². The van der Waals surface area contributed by atoms with Gasteiger partial charge in [-0.1, -0.05) is 45.4 Å². The maximum absolute atomic E-state index is 3.74. The summed E-state index contributed by atoms with van der Waals surface area (Å²) in [4.78, 5) is 0. The van der Waals surface area contributed by atoms with Crippen molar-refractivity contribution in [3.05, 3.63) is 34.4 Å². The molecule has 0 amide bonds. The molecule has 0 fully saturated rings. The van der Waals surface area contributed by atoms with Crippen LogP contribution in [0.3, 0.4) is 0 Å². The fraction of sp³-hybridized carbons (Fsp3) is 0.684. The van der Waals surface area contributed by atoms with E-state index in [1.54, 1.807) is 0 Å². The predicted octanol–water partition coefficient (Wildman–Crippen LogP) is 5.05. The summed E-state index contributed by atoms with van der Waals surface area (Å²) in [5.41, 5.74) is 5.78. The van der Waals surface area contributed by atoms with E-state index >= 15 is 0 Å². The predicted molar refractivity (Wildman–Crippen MR) is 98.6 cm³/mol. The largest absolute Gasteiger partial charge is 0.313 e. The van der Waals surface area contributed by atoms with Crippen molar-refractivity contribution in [2.24, 2.45) is 0 Å². The molecule has 0 spiro atoms. The van der Waals surface area contributed by atoms with E-state index in [0.717, 1.165) is 13.0 Å². The number of hydrogen-bond donors (Lipinski definition) is 1. The van der Waals surface area contributed by atoms with Crippen LogP contribution < -0.4 is 5.32 Å². The van der Waals surface area contributed by atoms with Crippen molar-refractivity contribution in [3.63, 3.8) is 0 Å². The summed E-state index contributed by atoms with van der Waals surface area (Å²) in [6.07, 6.45) is 2.34. The van der Waals surface area contributed by atoms with Crippen LogP contribution in [0.25, 0.3) is 0 Å². The Morgan fingerprint density at radius 2 is 1.67 bits per heavy atom. The molecule has 0 aliphatic heterocycles. The number of benzene rings is 1. The van der Waals surface area contributed by atoms with E-state index in [2.05, 4.69) is 77.7 Å². The smallest absolute Gasteiger partial charge is 0.0198 e. The Morgan fingerprint density at radius 3 is 2.14 bits per heavy atom. The first-order chi connectivity index (χ1) is 9.73. The molecule has 0 saturated heterocycles. The van der Waals surface area contributed by atoms with Gasteiger partial charge in [0.2, 0.25) is 0 Å². The second-order valence-electron chi connectivity index (χ2n) is 7.16. The summed E-state index contributed by atoms with van der Waals surface area (Å²) in [6, 6.07) is 5.20. The molecule has 0 aliphatic rings. The van der Waals surface area contributed by atoms with E-state index < -0.39 is 0 Å². The van der Waals surface area contributed by atoms with Gasteiger partial charge in [0, 0.05) is 16.5 Å². The minimum absolute atomic E-state index is 0.337. The van der Waals surface area contributed by atoms with E-state index in [4.69, 9.17) is 0 Å². The lowest BCUT2D eigenvalue weighted by atomic mass is 9.95. The van der Waals surface area contributed by atoms with Crippen LogP contribution in [0.5, 0.6) is 0 Å². The highest BCUT2D eigenvalue weighted by molar-refractivity contribution is 8.00. The van der Waals surface area contributed by atoms with Crippen molar-refractivity contribution in [3.8, 4) is 0 Å². The molecule has 1 aromatic carbocycles. The first-order valence-electron chi connectivity index (χ1n) is 8.17. The van der Waals surface area contributed by atoms with E-state index in [0.29, 0.717) is 10.8 Å². The Kier molecular flexibility index (Phi) is 7.29. The van der Waals surface area contributed by atoms with Crippen molar-refractivity contribution >= 4 is 11.8 Å². The molecule has 1 nitrogen and oxygen atoms in total. The Labute approximate surface area is 136 Å². The average molecular weight is 308 g/mol. The van der Waals surface area contributed by atoms with Crippen LogP contribution in [0.15, 0.2) is 12.1 Å². The van der Waals surface area contributed by atoms with Crippen LogP contribution in [-0.4, -0.2) is 23.1 Å². The van der Waals surface area contributed by atoms with Crippen LogP contribution in [-0.2, 0) is 6.42 Å². The number of thioether (sulfide) groups is 1. The van der Waals surface area contributed by atoms with Crippen molar-refractivity contribution in [2.75, 3.05) is 12.3 Å². The van der Waals surface area contributed by atoms with Crippen LogP contribution in [0, 0.1) is 20.8 Å². The van der Waals surface area contributed by atoms with Crippen LogP contribution in [0.4, 0.5) is 0 Å². The molecule has 1 atom stereocenters. The molecule has 0 bridgehead atoms. The minimum Gasteiger partial charge on any atom is -0.313 e. The molecule has 0 heterocycles. The van der Waals surface area contributed by atoms with Gasteiger partial charge in [-0.25, -0.2) is 0 Å². The average Bonchev–Trinajstić information content (AvgIpc) is 2.34. The molecule has 21 heavy (non-hydrogen) atoms. The lowest BCUT2D eigenvalue weighted by molar-refractivity contribution is 0.546. The summed E-state index contributed by atoms with van der Waals surface area (Å²) < 4.78 is 0.337. The molecule has 1 rings (SSSR count). The molecule has 2 heteroatoms. The Bertz CT molecular complexity index is 422. The Morgan fingerprint density at radius 1 is 1.10 bits per heavy atom. The summed E-state index contributed by atoms with van der Waals surface area (Å²) in [7, 11) is 0. The highest BCUT2D eigenvalue weighted by atomic mass is 32.2. The van der Waals surface area contributed by atoms with E-state index in [9.17, 15) is 0 Å². The third-order valence-corrected chi connectivity index (χ3v) is 5.13. The first-order valence-corrected chi connectivity index (χ1v) is 9.15. The van der Waals surface area contributed by atoms with Crippen molar-refractivity contribution in [2.45, 2.75) is 72.1 Å². The molecular formula is C19H33NS. The van der Waals surface area contributed by atoms with Gasteiger partial charge in [0.1, 0.15) is 0 Å². The quantitative estimate of drug-likeness (QED) is 0.756. The monoisotopic (exact) mass is 307 g/mol. The Balaban J connectivity index is 2.80. The van der Waals surface area contributed by atoms with Gasteiger partial charge in [-0.05, 0) is 56.8 Å². The molecule has 1 aromatic rings. The zero-order chi connectivity index (χ0) is 16.0. The van der Waals surface area contributed by atoms with Crippen molar-refractivity contribution in [1.29, 1.82) is 0 Å². The summed E-state index contributed by atoms with van der Waals surface area (Å²) >= 11 is 2.06. The number of nitrogens with one attached hydrogen (secondary N) is 1. The van der Waals surface area contributed by atoms with Crippen LogP contribution in [0.2, 0.25) is 0 Å². The highest BCUT2D eigenvalue weighted by Gasteiger charge is 2.17. The standard InChI is InChI=1S/C19H33NS/c1-8-9-20-17(13-21-19(5,6)7)12-18-15(3)10-14(2)11-16(18)4/h10-11,17,20H,8-9,12-13H2,1-7H3. The topological polar surface area (TPSA) is 12.0 Å². The van der Waals surface area contributed by atoms with Gasteiger partial charge in [0.05, 0.1) is 0 Å². The van der Waals surface area contributed by atoms with E-state index in [1.165, 1.54) is 34.4 Å². The molecule has 0 radical (unpaired) electrons. The minimum atomic E-state index is 0.337. The second-order valence-corrected chi connectivity index (χ2v) is 9.00. The number of hydrogen-bond acceptors (Lipinski definition) is 2. The fourth-order valence-electron chi connectivity index (χ4n) is 2.67. The lowest BCUT2D eigenvalue weighted by Crippen LogP contribution is -2.35. The third kappa shape index (κ3) is 6.88. The fourth-order valence-corrected chi connectivity index (χ4v) is 3.60. The van der Waals surface area contributed by atoms with Crippen LogP contribution in [0.1, 0.15) is 56.4 Å². The zero-order valence-electron chi connectivity index (χ0n) is 15.0. The van der Waals surface area contributed by atoms with Gasteiger partial charge in [0.15, 0.2) is 0 Å². The molecule has 1 unspecified atom stereocenters. The molecular weight excluding hydrogens is 274 g/mol. The maximum atomic E-state index is 3.74.